The SMILES string of the molecule is Nc1ccc(Cl)nc1N1CCOCC1C(=O)NC1CC1. The van der Waals surface area contributed by atoms with E-state index >= 15 is 0 Å². The number of anilines is 2. The van der Waals surface area contributed by atoms with Gasteiger partial charge in [-0.05, 0) is 25.0 Å². The minimum absolute atomic E-state index is 0.0339. The van der Waals surface area contributed by atoms with E-state index in [0.717, 1.165) is 12.8 Å². The van der Waals surface area contributed by atoms with E-state index in [1.165, 1.54) is 0 Å². The van der Waals surface area contributed by atoms with Gasteiger partial charge in [-0.15, -0.1) is 0 Å². The van der Waals surface area contributed by atoms with E-state index in [9.17, 15) is 4.79 Å². The molecule has 1 amide bonds. The number of halogens is 1. The number of rotatable bonds is 3. The summed E-state index contributed by atoms with van der Waals surface area (Å²) in [5, 5.41) is 3.36. The number of hydrogen-bond acceptors (Lipinski definition) is 5. The van der Waals surface area contributed by atoms with Gasteiger partial charge in [0.1, 0.15) is 11.2 Å². The predicted molar refractivity (Wildman–Crippen MR) is 76.8 cm³/mol. The summed E-state index contributed by atoms with van der Waals surface area (Å²) in [5.74, 6) is 0.519. The predicted octanol–water partition coefficient (Wildman–Crippen LogP) is 0.801. The van der Waals surface area contributed by atoms with Gasteiger partial charge in [-0.2, -0.15) is 0 Å². The molecule has 0 aromatic carbocycles. The van der Waals surface area contributed by atoms with Gasteiger partial charge in [0.2, 0.25) is 5.91 Å². The Morgan fingerprint density at radius 3 is 3.05 bits per heavy atom. The van der Waals surface area contributed by atoms with Crippen LogP contribution < -0.4 is 16.0 Å². The van der Waals surface area contributed by atoms with E-state index in [2.05, 4.69) is 10.3 Å². The highest BCUT2D eigenvalue weighted by Gasteiger charge is 2.34. The Labute approximate surface area is 122 Å². The van der Waals surface area contributed by atoms with Gasteiger partial charge in [0.05, 0.1) is 18.9 Å². The monoisotopic (exact) mass is 296 g/mol. The number of amides is 1. The fraction of sp³-hybridized carbons (Fsp3) is 0.538. The van der Waals surface area contributed by atoms with Gasteiger partial charge in [0.25, 0.3) is 0 Å². The van der Waals surface area contributed by atoms with Crippen molar-refractivity contribution >= 4 is 29.0 Å². The van der Waals surface area contributed by atoms with Crippen molar-refractivity contribution in [1.29, 1.82) is 0 Å². The number of hydrogen-bond donors (Lipinski definition) is 2. The summed E-state index contributed by atoms with van der Waals surface area (Å²) in [5.41, 5.74) is 6.48. The minimum Gasteiger partial charge on any atom is -0.396 e. The molecule has 3 N–H and O–H groups in total. The Balaban J connectivity index is 1.83. The van der Waals surface area contributed by atoms with E-state index < -0.39 is 6.04 Å². The molecule has 1 aliphatic carbocycles. The Bertz CT molecular complexity index is 521. The van der Waals surface area contributed by atoms with Crippen LogP contribution in [0.25, 0.3) is 0 Å². The second-order valence-corrected chi connectivity index (χ2v) is 5.50. The van der Waals surface area contributed by atoms with E-state index in [4.69, 9.17) is 22.1 Å². The molecule has 20 heavy (non-hydrogen) atoms. The molecule has 1 atom stereocenters. The maximum absolute atomic E-state index is 12.3. The molecule has 0 bridgehead atoms. The lowest BCUT2D eigenvalue weighted by molar-refractivity contribution is -0.124. The van der Waals surface area contributed by atoms with Crippen LogP contribution in [-0.4, -0.2) is 42.7 Å². The van der Waals surface area contributed by atoms with Gasteiger partial charge in [0, 0.05) is 12.6 Å². The number of carbonyl (C=O) groups excluding carboxylic acids is 1. The topological polar surface area (TPSA) is 80.5 Å². The lowest BCUT2D eigenvalue weighted by atomic mass is 10.2. The third-order valence-electron chi connectivity index (χ3n) is 3.50. The highest BCUT2D eigenvalue weighted by atomic mass is 35.5. The molecule has 1 unspecified atom stereocenters. The van der Waals surface area contributed by atoms with Crippen LogP contribution >= 0.6 is 11.6 Å². The average molecular weight is 297 g/mol. The molecule has 1 aromatic rings. The van der Waals surface area contributed by atoms with E-state index in [0.29, 0.717) is 42.5 Å². The van der Waals surface area contributed by atoms with Gasteiger partial charge in [-0.25, -0.2) is 4.98 Å². The number of nitrogens with two attached hydrogens (primary N) is 1. The van der Waals surface area contributed by atoms with E-state index in [-0.39, 0.29) is 5.91 Å². The Kier molecular flexibility index (Phi) is 3.67. The number of ether oxygens (including phenoxy) is 1. The summed E-state index contributed by atoms with van der Waals surface area (Å²) >= 11 is 5.93. The summed E-state index contributed by atoms with van der Waals surface area (Å²) < 4.78 is 5.42. The number of nitrogens with zero attached hydrogens (tertiary/aromatic N) is 2. The molecule has 1 saturated carbocycles. The summed E-state index contributed by atoms with van der Waals surface area (Å²) in [6.45, 7) is 1.45. The average Bonchev–Trinajstić information content (AvgIpc) is 3.25. The molecule has 1 aliphatic heterocycles. The van der Waals surface area contributed by atoms with Gasteiger partial charge < -0.3 is 20.7 Å². The maximum atomic E-state index is 12.3. The van der Waals surface area contributed by atoms with Crippen LogP contribution in [0.1, 0.15) is 12.8 Å². The smallest absolute Gasteiger partial charge is 0.245 e. The quantitative estimate of drug-likeness (QED) is 0.807. The first kappa shape index (κ1) is 13.5. The van der Waals surface area contributed by atoms with E-state index in [1.54, 1.807) is 12.1 Å². The number of aromatic nitrogens is 1. The summed E-state index contributed by atoms with van der Waals surface area (Å²) in [7, 11) is 0. The highest BCUT2D eigenvalue weighted by Crippen LogP contribution is 2.27. The summed E-state index contributed by atoms with van der Waals surface area (Å²) in [6, 6.07) is 3.25. The van der Waals surface area contributed by atoms with Crippen LogP contribution in [0.4, 0.5) is 11.5 Å². The van der Waals surface area contributed by atoms with Crippen molar-refractivity contribution in [1.82, 2.24) is 10.3 Å². The zero-order valence-electron chi connectivity index (χ0n) is 11.0. The first-order valence-electron chi connectivity index (χ1n) is 6.72. The van der Waals surface area contributed by atoms with Crippen molar-refractivity contribution < 1.29 is 9.53 Å². The summed E-state index contributed by atoms with van der Waals surface area (Å²) in [6.07, 6.45) is 2.10. The Morgan fingerprint density at radius 2 is 2.30 bits per heavy atom. The highest BCUT2D eigenvalue weighted by molar-refractivity contribution is 6.29. The molecule has 3 rings (SSSR count). The Morgan fingerprint density at radius 1 is 1.50 bits per heavy atom. The third-order valence-corrected chi connectivity index (χ3v) is 3.71. The molecule has 2 heterocycles. The first-order chi connectivity index (χ1) is 9.65. The first-order valence-corrected chi connectivity index (χ1v) is 7.10. The number of nitrogens with one attached hydrogen (secondary N) is 1. The second kappa shape index (κ2) is 5.46. The van der Waals surface area contributed by atoms with Crippen LogP contribution in [0.2, 0.25) is 5.15 Å². The van der Waals surface area contributed by atoms with Crippen molar-refractivity contribution in [2.24, 2.45) is 0 Å². The second-order valence-electron chi connectivity index (χ2n) is 5.11. The lowest BCUT2D eigenvalue weighted by Gasteiger charge is -2.36. The molecule has 0 spiro atoms. The zero-order valence-corrected chi connectivity index (χ0v) is 11.8. The van der Waals surface area contributed by atoms with Crippen molar-refractivity contribution in [2.75, 3.05) is 30.4 Å². The largest absolute Gasteiger partial charge is 0.396 e. The molecular formula is C13H17ClN4O2. The Hall–Kier alpha value is -1.53. The van der Waals surface area contributed by atoms with Crippen LogP contribution in [0.3, 0.4) is 0 Å². The van der Waals surface area contributed by atoms with Crippen LogP contribution in [0.5, 0.6) is 0 Å². The van der Waals surface area contributed by atoms with Gasteiger partial charge in [-0.3, -0.25) is 4.79 Å². The summed E-state index contributed by atoms with van der Waals surface area (Å²) in [4.78, 5) is 18.4. The molecule has 108 valence electrons. The van der Waals surface area contributed by atoms with Gasteiger partial charge >= 0.3 is 0 Å². The van der Waals surface area contributed by atoms with Crippen molar-refractivity contribution in [3.05, 3.63) is 17.3 Å². The fourth-order valence-corrected chi connectivity index (χ4v) is 2.41. The molecule has 2 aliphatic rings. The molecule has 1 aromatic heterocycles. The van der Waals surface area contributed by atoms with Crippen LogP contribution in [0.15, 0.2) is 12.1 Å². The molecule has 0 radical (unpaired) electrons. The zero-order chi connectivity index (χ0) is 14.1. The molecule has 6 nitrogen and oxygen atoms in total. The van der Waals surface area contributed by atoms with Crippen LogP contribution in [-0.2, 0) is 9.53 Å². The molecule has 1 saturated heterocycles. The maximum Gasteiger partial charge on any atom is 0.245 e. The standard InChI is InChI=1S/C13H17ClN4O2/c14-11-4-3-9(15)12(17-11)18-5-6-20-7-10(18)13(19)16-8-1-2-8/h3-4,8,10H,1-2,5-7,15H2,(H,16,19). The number of nitrogen functional groups attached to an aromatic ring is 1. The molecule has 7 heteroatoms. The van der Waals surface area contributed by atoms with Crippen molar-refractivity contribution in [3.63, 3.8) is 0 Å². The van der Waals surface area contributed by atoms with Crippen molar-refractivity contribution in [3.8, 4) is 0 Å². The number of carbonyl (C=O) groups is 1. The number of morpholine rings is 1. The van der Waals surface area contributed by atoms with Gasteiger partial charge in [-0.1, -0.05) is 11.6 Å². The van der Waals surface area contributed by atoms with Crippen LogP contribution in [0, 0.1) is 0 Å². The third kappa shape index (κ3) is 2.81. The fourth-order valence-electron chi connectivity index (χ4n) is 2.27. The number of pyridine rings is 1. The van der Waals surface area contributed by atoms with Crippen molar-refractivity contribution in [2.45, 2.75) is 24.9 Å². The lowest BCUT2D eigenvalue weighted by Crippen LogP contribution is -2.54. The minimum atomic E-state index is -0.405. The molecule has 2 fully saturated rings. The normalized spacial score (nSPS) is 22.6. The molecular weight excluding hydrogens is 280 g/mol. The van der Waals surface area contributed by atoms with E-state index in [1.807, 2.05) is 4.90 Å². The van der Waals surface area contributed by atoms with Gasteiger partial charge in [0.15, 0.2) is 5.82 Å².